The Bertz CT molecular complexity index is 716. The van der Waals surface area contributed by atoms with Crippen molar-refractivity contribution in [2.75, 3.05) is 5.73 Å². The van der Waals surface area contributed by atoms with E-state index in [-0.39, 0.29) is 0 Å². The minimum absolute atomic E-state index is 0.757. The fourth-order valence-electron chi connectivity index (χ4n) is 2.10. The van der Waals surface area contributed by atoms with Crippen LogP contribution in [-0.4, -0.2) is 9.97 Å². The second kappa shape index (κ2) is 5.59. The van der Waals surface area contributed by atoms with E-state index >= 15 is 0 Å². The molecule has 0 aliphatic heterocycles. The Hall–Kier alpha value is -1.94. The van der Waals surface area contributed by atoms with Gasteiger partial charge in [-0.3, -0.25) is 0 Å². The minimum atomic E-state index is 0.757. The number of rotatable bonds is 4. The lowest BCUT2D eigenvalue weighted by Gasteiger charge is -2.01. The van der Waals surface area contributed by atoms with Gasteiger partial charge in [0.25, 0.3) is 0 Å². The Morgan fingerprint density at radius 2 is 1.85 bits per heavy atom. The van der Waals surface area contributed by atoms with E-state index in [1.807, 2.05) is 18.2 Å². The zero-order valence-corrected chi connectivity index (χ0v) is 12.2. The number of H-pyrrole nitrogens is 1. The summed E-state index contributed by atoms with van der Waals surface area (Å²) in [7, 11) is 0. The second-order valence-corrected chi connectivity index (χ2v) is 5.74. The quantitative estimate of drug-likeness (QED) is 0.562. The van der Waals surface area contributed by atoms with Crippen molar-refractivity contribution >= 4 is 28.5 Å². The monoisotopic (exact) mass is 283 g/mol. The predicted molar refractivity (Wildman–Crippen MR) is 85.9 cm³/mol. The first-order valence-electron chi connectivity index (χ1n) is 6.70. The van der Waals surface area contributed by atoms with E-state index in [4.69, 9.17) is 5.73 Å². The SMILES string of the molecule is CCc1ccc(CSc2nc3ccc(N)cc3[nH]2)cc1. The van der Waals surface area contributed by atoms with Crippen molar-refractivity contribution in [1.82, 2.24) is 9.97 Å². The molecule has 1 heterocycles. The third-order valence-electron chi connectivity index (χ3n) is 3.29. The summed E-state index contributed by atoms with van der Waals surface area (Å²) in [4.78, 5) is 7.86. The lowest BCUT2D eigenvalue weighted by Crippen LogP contribution is -1.84. The highest BCUT2D eigenvalue weighted by Crippen LogP contribution is 2.24. The van der Waals surface area contributed by atoms with Gasteiger partial charge in [-0.2, -0.15) is 0 Å². The maximum Gasteiger partial charge on any atom is 0.166 e. The van der Waals surface area contributed by atoms with E-state index in [1.165, 1.54) is 11.1 Å². The molecule has 0 aliphatic carbocycles. The molecule has 3 aromatic rings. The van der Waals surface area contributed by atoms with Crippen LogP contribution in [0.1, 0.15) is 18.1 Å². The number of aromatic amines is 1. The van der Waals surface area contributed by atoms with Crippen LogP contribution < -0.4 is 5.73 Å². The van der Waals surface area contributed by atoms with E-state index < -0.39 is 0 Å². The highest BCUT2D eigenvalue weighted by atomic mass is 32.2. The molecule has 2 aromatic carbocycles. The Labute approximate surface area is 122 Å². The van der Waals surface area contributed by atoms with Gasteiger partial charge in [-0.25, -0.2) is 4.98 Å². The van der Waals surface area contributed by atoms with Gasteiger partial charge in [0.05, 0.1) is 11.0 Å². The molecule has 3 N–H and O–H groups in total. The molecule has 0 radical (unpaired) electrons. The van der Waals surface area contributed by atoms with Crippen molar-refractivity contribution < 1.29 is 0 Å². The van der Waals surface area contributed by atoms with Crippen LogP contribution >= 0.6 is 11.8 Å². The summed E-state index contributed by atoms with van der Waals surface area (Å²) in [5.74, 6) is 0.916. The topological polar surface area (TPSA) is 54.7 Å². The largest absolute Gasteiger partial charge is 0.399 e. The lowest BCUT2D eigenvalue weighted by atomic mass is 10.1. The van der Waals surface area contributed by atoms with Crippen LogP contribution in [-0.2, 0) is 12.2 Å². The summed E-state index contributed by atoms with van der Waals surface area (Å²) < 4.78 is 0. The number of hydrogen-bond donors (Lipinski definition) is 2. The van der Waals surface area contributed by atoms with Crippen LogP contribution in [0.3, 0.4) is 0 Å². The number of nitrogen functional groups attached to an aromatic ring is 1. The first kappa shape index (κ1) is 13.1. The van der Waals surface area contributed by atoms with Gasteiger partial charge in [0.2, 0.25) is 0 Å². The molecule has 4 heteroatoms. The highest BCUT2D eigenvalue weighted by Gasteiger charge is 2.04. The second-order valence-electron chi connectivity index (χ2n) is 4.78. The van der Waals surface area contributed by atoms with Crippen LogP contribution in [0.15, 0.2) is 47.6 Å². The van der Waals surface area contributed by atoms with Crippen LogP contribution in [0.2, 0.25) is 0 Å². The number of anilines is 1. The van der Waals surface area contributed by atoms with Gasteiger partial charge in [-0.1, -0.05) is 43.0 Å². The van der Waals surface area contributed by atoms with Crippen molar-refractivity contribution in [3.05, 3.63) is 53.6 Å². The predicted octanol–water partition coefficient (Wildman–Crippen LogP) is 4.00. The van der Waals surface area contributed by atoms with Gasteiger partial charge in [-0.05, 0) is 35.7 Å². The third-order valence-corrected chi connectivity index (χ3v) is 4.24. The highest BCUT2D eigenvalue weighted by molar-refractivity contribution is 7.98. The lowest BCUT2D eigenvalue weighted by molar-refractivity contribution is 1.08. The maximum absolute atomic E-state index is 5.77. The number of nitrogens with two attached hydrogens (primary N) is 1. The number of hydrogen-bond acceptors (Lipinski definition) is 3. The van der Waals surface area contributed by atoms with E-state index in [2.05, 4.69) is 41.2 Å². The molecule has 1 aromatic heterocycles. The standard InChI is InChI=1S/C16H17N3S/c1-2-11-3-5-12(6-4-11)10-20-16-18-14-8-7-13(17)9-15(14)19-16/h3-9H,2,10,17H2,1H3,(H,18,19). The fourth-order valence-corrected chi connectivity index (χ4v) is 2.94. The van der Waals surface area contributed by atoms with Crippen LogP contribution in [0, 0.1) is 0 Å². The summed E-state index contributed by atoms with van der Waals surface area (Å²) in [5.41, 5.74) is 11.2. The summed E-state index contributed by atoms with van der Waals surface area (Å²) in [6.07, 6.45) is 1.08. The average Bonchev–Trinajstić information content (AvgIpc) is 2.87. The molecular weight excluding hydrogens is 266 g/mol. The van der Waals surface area contributed by atoms with Crippen molar-refractivity contribution in [1.29, 1.82) is 0 Å². The third kappa shape index (κ3) is 2.80. The molecule has 0 atom stereocenters. The maximum atomic E-state index is 5.77. The molecule has 3 rings (SSSR count). The van der Waals surface area contributed by atoms with E-state index in [9.17, 15) is 0 Å². The number of nitrogens with zero attached hydrogens (tertiary/aromatic N) is 1. The van der Waals surface area contributed by atoms with Crippen LogP contribution in [0.4, 0.5) is 5.69 Å². The van der Waals surface area contributed by atoms with Crippen molar-refractivity contribution in [2.45, 2.75) is 24.3 Å². The van der Waals surface area contributed by atoms with Crippen molar-refractivity contribution in [3.8, 4) is 0 Å². The Morgan fingerprint density at radius 3 is 2.60 bits per heavy atom. The molecule has 102 valence electrons. The number of benzene rings is 2. The van der Waals surface area contributed by atoms with Gasteiger partial charge in [-0.15, -0.1) is 0 Å². The molecule has 0 amide bonds. The van der Waals surface area contributed by atoms with E-state index in [0.29, 0.717) is 0 Å². The number of aryl methyl sites for hydroxylation is 1. The van der Waals surface area contributed by atoms with Crippen LogP contribution in [0.5, 0.6) is 0 Å². The Balaban J connectivity index is 1.72. The number of nitrogens with one attached hydrogen (secondary N) is 1. The van der Waals surface area contributed by atoms with E-state index in [1.54, 1.807) is 11.8 Å². The normalized spacial score (nSPS) is 11.1. The molecule has 0 bridgehead atoms. The van der Waals surface area contributed by atoms with Crippen molar-refractivity contribution in [2.24, 2.45) is 0 Å². The molecule has 3 nitrogen and oxygen atoms in total. The van der Waals surface area contributed by atoms with Crippen molar-refractivity contribution in [3.63, 3.8) is 0 Å². The smallest absolute Gasteiger partial charge is 0.166 e. The molecule has 0 unspecified atom stereocenters. The van der Waals surface area contributed by atoms with Gasteiger partial charge >= 0.3 is 0 Å². The number of aromatic nitrogens is 2. The average molecular weight is 283 g/mol. The first-order valence-corrected chi connectivity index (χ1v) is 7.69. The zero-order chi connectivity index (χ0) is 13.9. The zero-order valence-electron chi connectivity index (χ0n) is 11.4. The summed E-state index contributed by atoms with van der Waals surface area (Å²) >= 11 is 1.71. The number of imidazole rings is 1. The van der Waals surface area contributed by atoms with E-state index in [0.717, 1.165) is 34.1 Å². The summed E-state index contributed by atoms with van der Waals surface area (Å²) in [6.45, 7) is 2.17. The molecule has 0 saturated carbocycles. The van der Waals surface area contributed by atoms with Crippen LogP contribution in [0.25, 0.3) is 11.0 Å². The van der Waals surface area contributed by atoms with Gasteiger partial charge in [0.15, 0.2) is 5.16 Å². The minimum Gasteiger partial charge on any atom is -0.399 e. The first-order chi connectivity index (χ1) is 9.74. The Morgan fingerprint density at radius 1 is 1.10 bits per heavy atom. The molecule has 0 aliphatic rings. The van der Waals surface area contributed by atoms with Gasteiger partial charge in [0.1, 0.15) is 0 Å². The molecule has 0 saturated heterocycles. The summed E-state index contributed by atoms with van der Waals surface area (Å²) in [5, 5.41) is 0.935. The molecule has 20 heavy (non-hydrogen) atoms. The molecule has 0 fully saturated rings. The fraction of sp³-hybridized carbons (Fsp3) is 0.188. The Kier molecular flexibility index (Phi) is 3.65. The molecule has 0 spiro atoms. The summed E-state index contributed by atoms with van der Waals surface area (Å²) in [6, 6.07) is 14.5. The van der Waals surface area contributed by atoms with Gasteiger partial charge in [0, 0.05) is 11.4 Å². The molecular formula is C16H17N3S. The number of thioether (sulfide) groups is 1. The van der Waals surface area contributed by atoms with Gasteiger partial charge < -0.3 is 10.7 Å². The number of fused-ring (bicyclic) bond motifs is 1.